The molecule has 0 aromatic carbocycles. The lowest BCUT2D eigenvalue weighted by molar-refractivity contribution is -0.153. The van der Waals surface area contributed by atoms with Gasteiger partial charge < -0.3 is 14.7 Å². The quantitative estimate of drug-likeness (QED) is 0.134. The van der Waals surface area contributed by atoms with Crippen LogP contribution in [-0.4, -0.2) is 41.4 Å². The zero-order chi connectivity index (χ0) is 27.8. The van der Waals surface area contributed by atoms with Crippen LogP contribution in [0.25, 0.3) is 0 Å². The van der Waals surface area contributed by atoms with E-state index in [0.717, 1.165) is 44.9 Å². The number of allylic oxidation sites excluding steroid dienone is 1. The average molecular weight is 530 g/mol. The minimum absolute atomic E-state index is 0.00421. The van der Waals surface area contributed by atoms with E-state index in [9.17, 15) is 14.4 Å². The summed E-state index contributed by atoms with van der Waals surface area (Å²) in [6.07, 6.45) is 11.4. The van der Waals surface area contributed by atoms with Gasteiger partial charge in [0.1, 0.15) is 18.0 Å². The summed E-state index contributed by atoms with van der Waals surface area (Å²) in [4.78, 5) is 37.2. The van der Waals surface area contributed by atoms with Crippen LogP contribution in [0.3, 0.4) is 0 Å². The van der Waals surface area contributed by atoms with Crippen molar-refractivity contribution in [1.82, 2.24) is 0 Å². The molecule has 0 saturated heterocycles. The number of fused-ring (bicyclic) bond motifs is 5. The Morgan fingerprint density at radius 1 is 1.11 bits per heavy atom. The topological polar surface area (TPSA) is 102 Å². The van der Waals surface area contributed by atoms with E-state index in [4.69, 9.17) is 14.7 Å². The van der Waals surface area contributed by atoms with Crippen molar-refractivity contribution in [3.05, 3.63) is 11.6 Å². The molecule has 0 bridgehead atoms. The number of ether oxygens (including phenoxy) is 2. The van der Waals surface area contributed by atoms with Gasteiger partial charge in [-0.1, -0.05) is 39.3 Å². The summed E-state index contributed by atoms with van der Waals surface area (Å²) in [6.45, 7) is 11.7. The van der Waals surface area contributed by atoms with E-state index < -0.39 is 0 Å². The van der Waals surface area contributed by atoms with Gasteiger partial charge in [0.05, 0.1) is 0 Å². The highest BCUT2D eigenvalue weighted by atomic mass is 16.5. The van der Waals surface area contributed by atoms with E-state index in [1.54, 1.807) is 0 Å². The Bertz CT molecular complexity index is 989. The lowest BCUT2D eigenvalue weighted by atomic mass is 9.47. The highest BCUT2D eigenvalue weighted by molar-refractivity contribution is 5.81. The van der Waals surface area contributed by atoms with Crippen molar-refractivity contribution in [2.45, 2.75) is 112 Å². The van der Waals surface area contributed by atoms with Gasteiger partial charge in [0, 0.05) is 44.7 Å². The summed E-state index contributed by atoms with van der Waals surface area (Å²) < 4.78 is 11.6. The second-order valence-corrected chi connectivity index (χ2v) is 13.2. The van der Waals surface area contributed by atoms with Crippen molar-refractivity contribution in [2.75, 3.05) is 0 Å². The summed E-state index contributed by atoms with van der Waals surface area (Å²) in [6, 6.07) is 0. The van der Waals surface area contributed by atoms with E-state index >= 15 is 0 Å². The summed E-state index contributed by atoms with van der Waals surface area (Å²) in [5.74, 6) is 1.02. The van der Waals surface area contributed by atoms with Gasteiger partial charge >= 0.3 is 11.9 Å². The predicted molar refractivity (Wildman–Crippen MR) is 145 cm³/mol. The predicted octanol–water partition coefficient (Wildman–Crippen LogP) is 6.12. The first-order valence-corrected chi connectivity index (χ1v) is 14.6. The Hall–Kier alpha value is -2.18. The molecular weight excluding hydrogens is 482 g/mol. The van der Waals surface area contributed by atoms with Crippen LogP contribution in [0.5, 0.6) is 0 Å². The SMILES string of the molecule is CC(=O)O[C@H]1CC[C@@]2(C)C(=CC[C@H]3[C@@H]4C[C@H](OC(C)=O)[C@H]([C@H](C)C(=O)CC[C@@H](C)/C=N/O)[C@@]4(C)CC[C@@H]32)C1. The molecule has 0 heterocycles. The number of Topliss-reactive ketones (excluding diaryl/α,β-unsaturated/α-hetero) is 1. The highest BCUT2D eigenvalue weighted by Crippen LogP contribution is 2.67. The van der Waals surface area contributed by atoms with E-state index in [2.05, 4.69) is 25.1 Å². The first kappa shape index (κ1) is 28.8. The molecule has 38 heavy (non-hydrogen) atoms. The Labute approximate surface area is 227 Å². The number of carbonyl (C=O) groups is 3. The number of rotatable bonds is 8. The van der Waals surface area contributed by atoms with Crippen LogP contribution in [0.4, 0.5) is 0 Å². The summed E-state index contributed by atoms with van der Waals surface area (Å²) >= 11 is 0. The smallest absolute Gasteiger partial charge is 0.302 e. The van der Waals surface area contributed by atoms with Crippen molar-refractivity contribution in [3.63, 3.8) is 0 Å². The van der Waals surface area contributed by atoms with Gasteiger partial charge in [-0.05, 0) is 79.4 Å². The van der Waals surface area contributed by atoms with Gasteiger partial charge in [-0.25, -0.2) is 0 Å². The molecule has 3 saturated carbocycles. The van der Waals surface area contributed by atoms with Crippen molar-refractivity contribution >= 4 is 23.9 Å². The Morgan fingerprint density at radius 3 is 2.47 bits per heavy atom. The number of ketones is 1. The maximum atomic E-state index is 13.4. The number of oxime groups is 1. The molecule has 0 unspecified atom stereocenters. The van der Waals surface area contributed by atoms with Crippen LogP contribution in [-0.2, 0) is 23.9 Å². The minimum atomic E-state index is -0.271. The average Bonchev–Trinajstić information content (AvgIpc) is 3.13. The second kappa shape index (κ2) is 11.1. The molecule has 0 aliphatic heterocycles. The molecule has 0 radical (unpaired) electrons. The molecule has 1 N–H and O–H groups in total. The van der Waals surface area contributed by atoms with E-state index in [1.165, 1.54) is 25.6 Å². The van der Waals surface area contributed by atoms with Crippen LogP contribution < -0.4 is 0 Å². The normalized spacial score (nSPS) is 39.8. The fourth-order valence-corrected chi connectivity index (χ4v) is 9.20. The van der Waals surface area contributed by atoms with Gasteiger partial charge in [0.2, 0.25) is 0 Å². The largest absolute Gasteiger partial charge is 0.462 e. The van der Waals surface area contributed by atoms with E-state index in [0.29, 0.717) is 30.6 Å². The molecule has 10 atom stereocenters. The van der Waals surface area contributed by atoms with Crippen molar-refractivity contribution in [1.29, 1.82) is 0 Å². The third-order valence-corrected chi connectivity index (χ3v) is 11.0. The van der Waals surface area contributed by atoms with Crippen LogP contribution >= 0.6 is 0 Å². The fourth-order valence-electron chi connectivity index (χ4n) is 9.20. The molecule has 0 aromatic rings. The first-order valence-electron chi connectivity index (χ1n) is 14.6. The van der Waals surface area contributed by atoms with Crippen LogP contribution in [0, 0.1) is 46.3 Å². The number of hydrogen-bond acceptors (Lipinski definition) is 7. The molecule has 212 valence electrons. The third kappa shape index (κ3) is 5.31. The first-order chi connectivity index (χ1) is 17.9. The standard InChI is InChI=1S/C31H47NO6/c1-18(17-32-36)7-10-27(35)19(2)29-28(38-21(4)34)16-26-24-9-8-22-15-23(37-20(3)33)11-13-30(22,5)25(24)12-14-31(26,29)6/h8,17-19,23-26,28-29,36H,7,9-16H2,1-6H3/b32-17+/t18-,19-,23+,24-,25+,26+,28+,29+,30+,31+/m1/s1. The van der Waals surface area contributed by atoms with E-state index in [1.807, 2.05) is 13.8 Å². The molecule has 7 heteroatoms. The molecule has 4 aliphatic rings. The van der Waals surface area contributed by atoms with Gasteiger partial charge in [-0.2, -0.15) is 0 Å². The third-order valence-electron chi connectivity index (χ3n) is 11.0. The zero-order valence-corrected chi connectivity index (χ0v) is 24.1. The Balaban J connectivity index is 1.57. The monoisotopic (exact) mass is 529 g/mol. The molecular formula is C31H47NO6. The fraction of sp³-hybridized carbons (Fsp3) is 0.806. The number of carbonyl (C=O) groups excluding carboxylic acids is 3. The summed E-state index contributed by atoms with van der Waals surface area (Å²) in [5.41, 5.74) is 1.50. The van der Waals surface area contributed by atoms with Crippen molar-refractivity contribution < 1.29 is 29.1 Å². The van der Waals surface area contributed by atoms with Crippen LogP contribution in [0.2, 0.25) is 0 Å². The van der Waals surface area contributed by atoms with Crippen LogP contribution in [0.15, 0.2) is 16.8 Å². The zero-order valence-electron chi connectivity index (χ0n) is 24.1. The summed E-state index contributed by atoms with van der Waals surface area (Å²) in [7, 11) is 0. The Morgan fingerprint density at radius 2 is 1.82 bits per heavy atom. The second-order valence-electron chi connectivity index (χ2n) is 13.2. The minimum Gasteiger partial charge on any atom is -0.462 e. The molecule has 3 fully saturated rings. The number of esters is 2. The maximum absolute atomic E-state index is 13.4. The molecule has 0 spiro atoms. The van der Waals surface area contributed by atoms with E-state index in [-0.39, 0.29) is 58.5 Å². The van der Waals surface area contributed by atoms with Gasteiger partial charge in [0.15, 0.2) is 0 Å². The lowest BCUT2D eigenvalue weighted by Gasteiger charge is -2.58. The van der Waals surface area contributed by atoms with Gasteiger partial charge in [-0.3, -0.25) is 14.4 Å². The summed E-state index contributed by atoms with van der Waals surface area (Å²) in [5, 5.41) is 11.9. The molecule has 0 amide bonds. The van der Waals surface area contributed by atoms with Crippen molar-refractivity contribution in [2.24, 2.45) is 51.5 Å². The molecule has 4 rings (SSSR count). The maximum Gasteiger partial charge on any atom is 0.302 e. The number of nitrogens with zero attached hydrogens (tertiary/aromatic N) is 1. The molecule has 4 aliphatic carbocycles. The van der Waals surface area contributed by atoms with Crippen LogP contribution in [0.1, 0.15) is 99.3 Å². The lowest BCUT2D eigenvalue weighted by Crippen LogP contribution is -2.51. The van der Waals surface area contributed by atoms with Crippen molar-refractivity contribution in [3.8, 4) is 0 Å². The highest BCUT2D eigenvalue weighted by Gasteiger charge is 2.63. The molecule has 0 aromatic heterocycles. The van der Waals surface area contributed by atoms with Gasteiger partial charge in [0.25, 0.3) is 0 Å². The van der Waals surface area contributed by atoms with Gasteiger partial charge in [-0.15, -0.1) is 5.16 Å². The Kier molecular flexibility index (Phi) is 8.44. The number of hydrogen-bond donors (Lipinski definition) is 1. The molecule has 7 nitrogen and oxygen atoms in total.